The first kappa shape index (κ1) is 17.8. The molecule has 2 rings (SSSR count). The molecule has 0 unspecified atom stereocenters. The summed E-state index contributed by atoms with van der Waals surface area (Å²) < 4.78 is 27.3. The topological polar surface area (TPSA) is 127 Å². The molecule has 0 fully saturated rings. The Labute approximate surface area is 140 Å². The van der Waals surface area contributed by atoms with Gasteiger partial charge in [-0.2, -0.15) is 0 Å². The SMILES string of the molecule is CCC(=O)Nc1ccc(S(=O)(=O)N[C@@H](C)c2nccc(N)n2)cc1. The number of rotatable bonds is 6. The van der Waals surface area contributed by atoms with E-state index < -0.39 is 16.1 Å². The number of hydrogen-bond donors (Lipinski definition) is 3. The Morgan fingerprint density at radius 2 is 1.92 bits per heavy atom. The van der Waals surface area contributed by atoms with Crippen LogP contribution >= 0.6 is 0 Å². The predicted octanol–water partition coefficient (Wildman–Crippen LogP) is 1.45. The fourth-order valence-corrected chi connectivity index (χ4v) is 3.12. The van der Waals surface area contributed by atoms with Crippen molar-refractivity contribution in [2.24, 2.45) is 0 Å². The molecule has 0 spiro atoms. The highest BCUT2D eigenvalue weighted by Gasteiger charge is 2.20. The maximum absolute atomic E-state index is 12.4. The first-order valence-corrected chi connectivity index (χ1v) is 8.81. The van der Waals surface area contributed by atoms with Crippen LogP contribution in [-0.2, 0) is 14.8 Å². The van der Waals surface area contributed by atoms with Crippen molar-refractivity contribution in [3.05, 3.63) is 42.4 Å². The quantitative estimate of drug-likeness (QED) is 0.724. The summed E-state index contributed by atoms with van der Waals surface area (Å²) >= 11 is 0. The zero-order valence-corrected chi connectivity index (χ0v) is 14.2. The third-order valence-electron chi connectivity index (χ3n) is 3.18. The molecular weight excluding hydrogens is 330 g/mol. The van der Waals surface area contributed by atoms with Gasteiger partial charge in [-0.1, -0.05) is 6.92 Å². The summed E-state index contributed by atoms with van der Waals surface area (Å²) in [5.41, 5.74) is 6.11. The lowest BCUT2D eigenvalue weighted by atomic mass is 10.3. The van der Waals surface area contributed by atoms with E-state index in [1.165, 1.54) is 36.5 Å². The van der Waals surface area contributed by atoms with Gasteiger partial charge >= 0.3 is 0 Å². The summed E-state index contributed by atoms with van der Waals surface area (Å²) in [6, 6.07) is 6.78. The molecule has 9 heteroatoms. The fraction of sp³-hybridized carbons (Fsp3) is 0.267. The second-order valence-electron chi connectivity index (χ2n) is 5.11. The number of amides is 1. The van der Waals surface area contributed by atoms with Crippen molar-refractivity contribution in [3.8, 4) is 0 Å². The number of aromatic nitrogens is 2. The fourth-order valence-electron chi connectivity index (χ4n) is 1.92. The molecule has 0 saturated carbocycles. The van der Waals surface area contributed by atoms with E-state index in [2.05, 4.69) is 20.0 Å². The summed E-state index contributed by atoms with van der Waals surface area (Å²) in [6.45, 7) is 3.36. The molecule has 0 aliphatic rings. The van der Waals surface area contributed by atoms with Gasteiger partial charge < -0.3 is 11.1 Å². The van der Waals surface area contributed by atoms with Crippen molar-refractivity contribution < 1.29 is 13.2 Å². The van der Waals surface area contributed by atoms with E-state index in [1.54, 1.807) is 13.8 Å². The van der Waals surface area contributed by atoms with E-state index in [0.717, 1.165) is 0 Å². The second-order valence-corrected chi connectivity index (χ2v) is 6.82. The summed E-state index contributed by atoms with van der Waals surface area (Å²) in [4.78, 5) is 19.4. The van der Waals surface area contributed by atoms with Crippen LogP contribution in [-0.4, -0.2) is 24.3 Å². The molecule has 1 atom stereocenters. The highest BCUT2D eigenvalue weighted by molar-refractivity contribution is 7.89. The summed E-state index contributed by atoms with van der Waals surface area (Å²) in [5.74, 6) is 0.406. The average Bonchev–Trinajstić information content (AvgIpc) is 2.55. The van der Waals surface area contributed by atoms with Crippen molar-refractivity contribution in [2.75, 3.05) is 11.1 Å². The van der Waals surface area contributed by atoms with Crippen LogP contribution in [0.2, 0.25) is 0 Å². The van der Waals surface area contributed by atoms with E-state index in [-0.39, 0.29) is 22.4 Å². The van der Waals surface area contributed by atoms with Gasteiger partial charge in [0, 0.05) is 18.3 Å². The molecule has 0 aliphatic carbocycles. The Morgan fingerprint density at radius 1 is 1.25 bits per heavy atom. The number of nitrogens with two attached hydrogens (primary N) is 1. The van der Waals surface area contributed by atoms with Gasteiger partial charge in [-0.05, 0) is 37.3 Å². The van der Waals surface area contributed by atoms with Crippen LogP contribution in [0.1, 0.15) is 32.1 Å². The Hall–Kier alpha value is -2.52. The highest BCUT2D eigenvalue weighted by Crippen LogP contribution is 2.17. The zero-order valence-electron chi connectivity index (χ0n) is 13.4. The number of sulfonamides is 1. The van der Waals surface area contributed by atoms with Crippen molar-refractivity contribution in [1.82, 2.24) is 14.7 Å². The van der Waals surface area contributed by atoms with Gasteiger partial charge in [0.1, 0.15) is 11.6 Å². The maximum atomic E-state index is 12.4. The number of benzene rings is 1. The minimum atomic E-state index is -3.75. The van der Waals surface area contributed by atoms with Crippen LogP contribution in [0, 0.1) is 0 Å². The monoisotopic (exact) mass is 349 g/mol. The van der Waals surface area contributed by atoms with E-state index in [1.807, 2.05) is 0 Å². The molecule has 1 heterocycles. The molecule has 1 aromatic heterocycles. The minimum absolute atomic E-state index is 0.0766. The first-order chi connectivity index (χ1) is 11.3. The Morgan fingerprint density at radius 3 is 2.50 bits per heavy atom. The van der Waals surface area contributed by atoms with E-state index in [0.29, 0.717) is 12.1 Å². The molecule has 0 bridgehead atoms. The molecule has 128 valence electrons. The van der Waals surface area contributed by atoms with Crippen LogP contribution in [0.4, 0.5) is 11.5 Å². The van der Waals surface area contributed by atoms with Crippen LogP contribution in [0.15, 0.2) is 41.4 Å². The number of nitrogen functional groups attached to an aromatic ring is 1. The molecule has 0 radical (unpaired) electrons. The third kappa shape index (κ3) is 4.49. The lowest BCUT2D eigenvalue weighted by molar-refractivity contribution is -0.115. The number of anilines is 2. The highest BCUT2D eigenvalue weighted by atomic mass is 32.2. The predicted molar refractivity (Wildman–Crippen MR) is 90.5 cm³/mol. The minimum Gasteiger partial charge on any atom is -0.384 e. The largest absolute Gasteiger partial charge is 0.384 e. The first-order valence-electron chi connectivity index (χ1n) is 7.32. The second kappa shape index (κ2) is 7.37. The third-order valence-corrected chi connectivity index (χ3v) is 4.74. The van der Waals surface area contributed by atoms with Gasteiger partial charge in [-0.15, -0.1) is 0 Å². The van der Waals surface area contributed by atoms with Gasteiger partial charge in [0.15, 0.2) is 0 Å². The van der Waals surface area contributed by atoms with Crippen molar-refractivity contribution in [3.63, 3.8) is 0 Å². The molecule has 8 nitrogen and oxygen atoms in total. The van der Waals surface area contributed by atoms with Crippen LogP contribution in [0.5, 0.6) is 0 Å². The van der Waals surface area contributed by atoms with E-state index in [4.69, 9.17) is 5.73 Å². The lowest BCUT2D eigenvalue weighted by Crippen LogP contribution is -2.28. The zero-order chi connectivity index (χ0) is 17.7. The normalized spacial score (nSPS) is 12.6. The van der Waals surface area contributed by atoms with Gasteiger partial charge in [0.05, 0.1) is 10.9 Å². The van der Waals surface area contributed by atoms with Crippen molar-refractivity contribution >= 4 is 27.4 Å². The molecule has 4 N–H and O–H groups in total. The van der Waals surface area contributed by atoms with Gasteiger partial charge in [-0.25, -0.2) is 23.1 Å². The molecule has 1 amide bonds. The summed E-state index contributed by atoms with van der Waals surface area (Å²) in [5, 5.41) is 2.66. The standard InChI is InChI=1S/C15H19N5O3S/c1-3-14(21)18-11-4-6-12(7-5-11)24(22,23)20-10(2)15-17-9-8-13(16)19-15/h4-10,20H,3H2,1-2H3,(H,18,21)(H2,16,17,19)/t10-/m0/s1. The Bertz CT molecular complexity index is 821. The summed E-state index contributed by atoms with van der Waals surface area (Å²) in [6.07, 6.45) is 1.81. The van der Waals surface area contributed by atoms with Crippen LogP contribution in [0.25, 0.3) is 0 Å². The number of nitrogens with zero attached hydrogens (tertiary/aromatic N) is 2. The lowest BCUT2D eigenvalue weighted by Gasteiger charge is -2.13. The number of carbonyl (C=O) groups is 1. The van der Waals surface area contributed by atoms with E-state index >= 15 is 0 Å². The Kier molecular flexibility index (Phi) is 5.47. The molecular formula is C15H19N5O3S. The molecule has 0 aliphatic heterocycles. The van der Waals surface area contributed by atoms with Crippen molar-refractivity contribution in [2.45, 2.75) is 31.2 Å². The van der Waals surface area contributed by atoms with Crippen LogP contribution < -0.4 is 15.8 Å². The van der Waals surface area contributed by atoms with Crippen molar-refractivity contribution in [1.29, 1.82) is 0 Å². The van der Waals surface area contributed by atoms with Gasteiger partial charge in [0.2, 0.25) is 15.9 Å². The average molecular weight is 349 g/mol. The smallest absolute Gasteiger partial charge is 0.241 e. The molecule has 2 aromatic rings. The van der Waals surface area contributed by atoms with Gasteiger partial charge in [0.25, 0.3) is 0 Å². The summed E-state index contributed by atoms with van der Waals surface area (Å²) in [7, 11) is -3.75. The number of nitrogens with one attached hydrogen (secondary N) is 2. The molecule has 1 aromatic carbocycles. The van der Waals surface area contributed by atoms with Crippen LogP contribution in [0.3, 0.4) is 0 Å². The molecule has 24 heavy (non-hydrogen) atoms. The Balaban J connectivity index is 2.13. The van der Waals surface area contributed by atoms with E-state index in [9.17, 15) is 13.2 Å². The molecule has 0 saturated heterocycles. The van der Waals surface area contributed by atoms with Gasteiger partial charge in [-0.3, -0.25) is 4.79 Å². The number of hydrogen-bond acceptors (Lipinski definition) is 6. The maximum Gasteiger partial charge on any atom is 0.241 e. The number of carbonyl (C=O) groups excluding carboxylic acids is 1.